The first-order valence-corrected chi connectivity index (χ1v) is 11.2. The summed E-state index contributed by atoms with van der Waals surface area (Å²) in [5, 5.41) is 1.19. The lowest BCUT2D eigenvalue weighted by Crippen LogP contribution is -2.12. The van der Waals surface area contributed by atoms with E-state index < -0.39 is 0 Å². The van der Waals surface area contributed by atoms with Crippen molar-refractivity contribution in [2.75, 3.05) is 0 Å². The van der Waals surface area contributed by atoms with Crippen LogP contribution < -0.4 is 0 Å². The fourth-order valence-corrected chi connectivity index (χ4v) is 5.09. The maximum Gasteiger partial charge on any atom is 0.140 e. The third kappa shape index (κ3) is 4.60. The zero-order valence-corrected chi connectivity index (χ0v) is 17.7. The molecule has 1 aliphatic rings. The Bertz CT molecular complexity index is 935. The second-order valence-corrected chi connectivity index (χ2v) is 8.67. The molecule has 0 bridgehead atoms. The van der Waals surface area contributed by atoms with Crippen molar-refractivity contribution >= 4 is 11.0 Å². The lowest BCUT2D eigenvalue weighted by atomic mass is 9.82. The van der Waals surface area contributed by atoms with E-state index in [1.807, 2.05) is 30.6 Å². The first-order chi connectivity index (χ1) is 14.2. The normalized spacial score (nSPS) is 15.8. The highest BCUT2D eigenvalue weighted by Crippen LogP contribution is 2.37. The molecular formula is C26H33N3. The van der Waals surface area contributed by atoms with E-state index in [0.717, 1.165) is 29.7 Å². The Balaban J connectivity index is 1.37. The number of rotatable bonds is 9. The first-order valence-electron chi connectivity index (χ1n) is 11.2. The highest BCUT2D eigenvalue weighted by atomic mass is 15.0. The summed E-state index contributed by atoms with van der Waals surface area (Å²) < 4.78 is 2.31. The van der Waals surface area contributed by atoms with Crippen LogP contribution in [0.5, 0.6) is 0 Å². The number of allylic oxidation sites excluding steroid dienone is 1. The van der Waals surface area contributed by atoms with Crippen molar-refractivity contribution in [1.82, 2.24) is 14.5 Å². The van der Waals surface area contributed by atoms with Gasteiger partial charge in [-0.2, -0.15) is 0 Å². The average Bonchev–Trinajstić information content (AvgIpc) is 3.39. The highest BCUT2D eigenvalue weighted by molar-refractivity contribution is 5.92. The molecule has 0 spiro atoms. The maximum absolute atomic E-state index is 4.65. The molecule has 1 fully saturated rings. The van der Waals surface area contributed by atoms with E-state index in [2.05, 4.69) is 46.4 Å². The standard InChI is InChI=1S/C26H33N3/c1-20(2)22(21-11-5-6-12-21)13-4-3-9-18-29-19-24(25-15-7-8-16-27-25)23-14-10-17-28-26(23)29/h7-8,10,14-17,19,21-22H,1,3-6,9,11-13,18H2,2H3. The molecule has 0 radical (unpaired) electrons. The summed E-state index contributed by atoms with van der Waals surface area (Å²) >= 11 is 0. The average molecular weight is 388 g/mol. The molecule has 0 saturated heterocycles. The minimum Gasteiger partial charge on any atom is -0.332 e. The van der Waals surface area contributed by atoms with E-state index in [1.165, 1.54) is 67.9 Å². The molecule has 1 unspecified atom stereocenters. The number of pyridine rings is 2. The van der Waals surface area contributed by atoms with Crippen LogP contribution in [0.25, 0.3) is 22.3 Å². The summed E-state index contributed by atoms with van der Waals surface area (Å²) in [4.78, 5) is 9.20. The molecule has 3 heterocycles. The molecule has 3 aromatic heterocycles. The van der Waals surface area contributed by atoms with Gasteiger partial charge in [0.05, 0.1) is 5.69 Å². The number of fused-ring (bicyclic) bond motifs is 1. The van der Waals surface area contributed by atoms with Crippen LogP contribution in [0.3, 0.4) is 0 Å². The van der Waals surface area contributed by atoms with Crippen LogP contribution in [0.1, 0.15) is 58.3 Å². The SMILES string of the molecule is C=C(C)C(CCCCCn1cc(-c2ccccn2)c2cccnc21)C1CCCC1. The summed E-state index contributed by atoms with van der Waals surface area (Å²) in [5.41, 5.74) is 4.67. The second-order valence-electron chi connectivity index (χ2n) is 8.67. The largest absolute Gasteiger partial charge is 0.332 e. The van der Waals surface area contributed by atoms with Crippen LogP contribution in [0.15, 0.2) is 61.1 Å². The molecule has 1 aliphatic carbocycles. The van der Waals surface area contributed by atoms with Gasteiger partial charge in [-0.15, -0.1) is 0 Å². The van der Waals surface area contributed by atoms with Crippen molar-refractivity contribution in [2.24, 2.45) is 11.8 Å². The van der Waals surface area contributed by atoms with Gasteiger partial charge in [-0.1, -0.05) is 43.9 Å². The molecule has 0 aliphatic heterocycles. The van der Waals surface area contributed by atoms with Gasteiger partial charge in [0.25, 0.3) is 0 Å². The maximum atomic E-state index is 4.65. The van der Waals surface area contributed by atoms with Gasteiger partial charge in [0.15, 0.2) is 0 Å². The topological polar surface area (TPSA) is 30.7 Å². The molecule has 1 atom stereocenters. The second kappa shape index (κ2) is 9.39. The zero-order valence-electron chi connectivity index (χ0n) is 17.7. The molecule has 152 valence electrons. The Morgan fingerprint density at radius 2 is 1.90 bits per heavy atom. The molecule has 0 amide bonds. The van der Waals surface area contributed by atoms with Crippen molar-refractivity contribution in [3.63, 3.8) is 0 Å². The molecule has 3 heteroatoms. The predicted octanol–water partition coefficient (Wildman–Crippen LogP) is 7.04. The quantitative estimate of drug-likeness (QED) is 0.291. The summed E-state index contributed by atoms with van der Waals surface area (Å²) in [6.07, 6.45) is 16.7. The van der Waals surface area contributed by atoms with Crippen molar-refractivity contribution in [1.29, 1.82) is 0 Å². The Hall–Kier alpha value is -2.42. The lowest BCUT2D eigenvalue weighted by molar-refractivity contribution is 0.352. The third-order valence-electron chi connectivity index (χ3n) is 6.59. The molecule has 4 rings (SSSR count). The van der Waals surface area contributed by atoms with Crippen LogP contribution in [0.4, 0.5) is 0 Å². The van der Waals surface area contributed by atoms with Crippen molar-refractivity contribution in [3.05, 3.63) is 61.1 Å². The van der Waals surface area contributed by atoms with Gasteiger partial charge in [-0.3, -0.25) is 4.98 Å². The number of unbranched alkanes of at least 4 members (excludes halogenated alkanes) is 2. The van der Waals surface area contributed by atoms with Crippen LogP contribution in [-0.4, -0.2) is 14.5 Å². The smallest absolute Gasteiger partial charge is 0.140 e. The van der Waals surface area contributed by atoms with Crippen LogP contribution in [0.2, 0.25) is 0 Å². The predicted molar refractivity (Wildman–Crippen MR) is 122 cm³/mol. The third-order valence-corrected chi connectivity index (χ3v) is 6.59. The Morgan fingerprint density at radius 1 is 1.07 bits per heavy atom. The van der Waals surface area contributed by atoms with Gasteiger partial charge in [-0.25, -0.2) is 4.98 Å². The fourth-order valence-electron chi connectivity index (χ4n) is 5.09. The van der Waals surface area contributed by atoms with Crippen LogP contribution in [0, 0.1) is 11.8 Å². The van der Waals surface area contributed by atoms with Gasteiger partial charge in [-0.05, 0) is 68.7 Å². The monoisotopic (exact) mass is 387 g/mol. The van der Waals surface area contributed by atoms with E-state index in [9.17, 15) is 0 Å². The number of nitrogens with zero attached hydrogens (tertiary/aromatic N) is 3. The van der Waals surface area contributed by atoms with E-state index in [1.54, 1.807) is 0 Å². The number of aryl methyl sites for hydroxylation is 1. The highest BCUT2D eigenvalue weighted by Gasteiger charge is 2.24. The van der Waals surface area contributed by atoms with E-state index >= 15 is 0 Å². The van der Waals surface area contributed by atoms with Crippen molar-refractivity contribution < 1.29 is 0 Å². The molecule has 3 nitrogen and oxygen atoms in total. The molecule has 29 heavy (non-hydrogen) atoms. The number of hydrogen-bond donors (Lipinski definition) is 0. The molecule has 1 saturated carbocycles. The Labute approximate surface area is 174 Å². The first kappa shape index (κ1) is 19.9. The molecule has 3 aromatic rings. The van der Waals surface area contributed by atoms with E-state index in [0.29, 0.717) is 0 Å². The van der Waals surface area contributed by atoms with Crippen molar-refractivity contribution in [2.45, 2.75) is 64.8 Å². The lowest BCUT2D eigenvalue weighted by Gasteiger charge is -2.23. The summed E-state index contributed by atoms with van der Waals surface area (Å²) in [5.74, 6) is 1.63. The van der Waals surface area contributed by atoms with Gasteiger partial charge >= 0.3 is 0 Å². The molecule has 0 aromatic carbocycles. The Kier molecular flexibility index (Phi) is 6.43. The van der Waals surface area contributed by atoms with Crippen LogP contribution in [-0.2, 0) is 6.54 Å². The summed E-state index contributed by atoms with van der Waals surface area (Å²) in [6.45, 7) is 7.55. The van der Waals surface area contributed by atoms with Gasteiger partial charge in [0, 0.05) is 36.1 Å². The van der Waals surface area contributed by atoms with Gasteiger partial charge < -0.3 is 4.57 Å². The van der Waals surface area contributed by atoms with Crippen LogP contribution >= 0.6 is 0 Å². The molecule has 0 N–H and O–H groups in total. The summed E-state index contributed by atoms with van der Waals surface area (Å²) in [6, 6.07) is 10.3. The minimum atomic E-state index is 0.738. The number of hydrogen-bond acceptors (Lipinski definition) is 2. The Morgan fingerprint density at radius 3 is 2.66 bits per heavy atom. The number of aromatic nitrogens is 3. The minimum absolute atomic E-state index is 0.738. The van der Waals surface area contributed by atoms with E-state index in [4.69, 9.17) is 0 Å². The fraction of sp³-hybridized carbons (Fsp3) is 0.462. The van der Waals surface area contributed by atoms with E-state index in [-0.39, 0.29) is 0 Å². The summed E-state index contributed by atoms with van der Waals surface area (Å²) in [7, 11) is 0. The van der Waals surface area contributed by atoms with Gasteiger partial charge in [0.2, 0.25) is 0 Å². The van der Waals surface area contributed by atoms with Crippen molar-refractivity contribution in [3.8, 4) is 11.3 Å². The zero-order chi connectivity index (χ0) is 20.1. The van der Waals surface area contributed by atoms with Gasteiger partial charge in [0.1, 0.15) is 5.65 Å². The molecular weight excluding hydrogens is 354 g/mol.